The first kappa shape index (κ1) is 126. The molecule has 0 unspecified atom stereocenters. The fourth-order valence-corrected chi connectivity index (χ4v) is 44.4. The molecule has 0 N–H and O–H groups in total. The van der Waals surface area contributed by atoms with Crippen LogP contribution in [-0.4, -0.2) is 47.6 Å². The second-order valence-corrected chi connectivity index (χ2v) is 52.1. The van der Waals surface area contributed by atoms with Crippen LogP contribution in [0.2, 0.25) is 0 Å². The molecule has 0 aromatic rings. The minimum absolute atomic E-state index is 0.0578. The summed E-state index contributed by atoms with van der Waals surface area (Å²) in [5.41, 5.74) is 0. The molecule has 0 aromatic carbocycles. The summed E-state index contributed by atoms with van der Waals surface area (Å²) >= 11 is 9.29. The molecule has 0 saturated heterocycles. The van der Waals surface area contributed by atoms with Crippen LogP contribution in [-0.2, 0) is 20.6 Å². The van der Waals surface area contributed by atoms with E-state index in [0.717, 1.165) is 16.4 Å². The Morgan fingerprint density at radius 1 is 0.221 bits per heavy atom. The van der Waals surface area contributed by atoms with Crippen LogP contribution < -0.4 is 0 Å². The molecule has 772 valence electrons. The molecule has 0 spiro atoms. The van der Waals surface area contributed by atoms with E-state index in [1.54, 1.807) is 4.24 Å². The predicted octanol–water partition coefficient (Wildman–Crippen LogP) is 42.0. The highest BCUT2D eigenvalue weighted by Crippen LogP contribution is 3.06. The van der Waals surface area contributed by atoms with Gasteiger partial charge in [-0.15, -0.1) is 11.8 Å². The summed E-state index contributed by atoms with van der Waals surface area (Å²) < 4.78 is 40.1. The standard InChI is InChI=1S/C88H172N40S8/c1-11-19-27-35-43-51-59-67-75-88(74-66-58-50-42-34-26-18-8,76-68-60-52-44-36-28-20-12-2)136(78-70-62-54-46-38-30-22-14-4,79-71-63-55-47-39-31-23-15-5,80-72-64-56-48-40-32-24-16-6,81-73-65-57-49-41-33-25-17-7)87-84(129-77-69-61-53-45-37-29-21-13-3)130-82(133-87)83-131-85(134(89)127-125-123-121-119-117-115-113-111-109-107-105-103-101-99-97-95-93-91-9)86(132-83)135(90)128-126-124-122-120-118-116-114-112-110-108-106-104-102-100-98-96-94-92-10/h11-81H2,1-10H3. The van der Waals surface area contributed by atoms with Gasteiger partial charge in [0.05, 0.1) is 26.8 Å². The van der Waals surface area contributed by atoms with E-state index in [2.05, 4.69) is 276 Å². The summed E-state index contributed by atoms with van der Waals surface area (Å²) in [6.45, 7) is 18.8. The van der Waals surface area contributed by atoms with Crippen LogP contribution in [0.5, 0.6) is 0 Å². The average molecular weight is 2050 g/mol. The Bertz CT molecular complexity index is 3800. The minimum atomic E-state index is -3.96. The second kappa shape index (κ2) is 89.9. The molecule has 0 atom stereocenters. The largest absolute Gasteiger partial charge is 0.242 e. The predicted molar refractivity (Wildman–Crippen MR) is 566 cm³/mol. The summed E-state index contributed by atoms with van der Waals surface area (Å²) in [5, 5.41) is 122. The van der Waals surface area contributed by atoms with Crippen LogP contribution in [0.4, 0.5) is 0 Å². The van der Waals surface area contributed by atoms with Crippen molar-refractivity contribution in [3.8, 4) is 0 Å². The molecule has 2 aliphatic rings. The van der Waals surface area contributed by atoms with Gasteiger partial charge in [-0.1, -0.05) is 475 Å². The van der Waals surface area contributed by atoms with E-state index >= 15 is 0 Å². The van der Waals surface area contributed by atoms with E-state index in [0.29, 0.717) is 8.47 Å². The summed E-state index contributed by atoms with van der Waals surface area (Å²) in [7, 11) is -5.24. The molecule has 2 heterocycles. The maximum absolute atomic E-state index is 12.6. The molecule has 48 heteroatoms. The van der Waals surface area contributed by atoms with Gasteiger partial charge in [0.25, 0.3) is 0 Å². The highest BCUT2D eigenvalue weighted by molar-refractivity contribution is 8.73. The van der Waals surface area contributed by atoms with Crippen molar-refractivity contribution in [1.29, 1.82) is 9.22 Å². The van der Waals surface area contributed by atoms with E-state index in [4.69, 9.17) is 0 Å². The van der Waals surface area contributed by atoms with Gasteiger partial charge in [-0.05, 0) is 261 Å². The van der Waals surface area contributed by atoms with Crippen molar-refractivity contribution in [1.82, 2.24) is 0 Å². The molecule has 2 aliphatic heterocycles. The summed E-state index contributed by atoms with van der Waals surface area (Å²) in [4.78, 5) is 0. The lowest BCUT2D eigenvalue weighted by atomic mass is 9.88. The van der Waals surface area contributed by atoms with E-state index in [1.807, 2.05) is 16.0 Å². The van der Waals surface area contributed by atoms with E-state index in [1.165, 1.54) is 482 Å². The molecule has 0 aliphatic carbocycles. The van der Waals surface area contributed by atoms with Crippen molar-refractivity contribution in [3.63, 3.8) is 0 Å². The van der Waals surface area contributed by atoms with Crippen LogP contribution in [0.1, 0.15) is 479 Å². The highest BCUT2D eigenvalue weighted by Gasteiger charge is 2.73. The van der Waals surface area contributed by atoms with Crippen molar-refractivity contribution < 1.29 is 0 Å². The fraction of sp³-hybridized carbons (Fsp3) is 0.932. The zero-order valence-corrected chi connectivity index (χ0v) is 91.4. The Morgan fingerprint density at radius 3 is 0.625 bits per heavy atom. The number of hydrogen-bond acceptors (Lipinski definition) is 9. The summed E-state index contributed by atoms with van der Waals surface area (Å²) in [5.74, 6) is 6.34. The van der Waals surface area contributed by atoms with E-state index < -0.39 is 28.9 Å². The van der Waals surface area contributed by atoms with Gasteiger partial charge in [0, 0.05) is 14.7 Å². The Kier molecular flexibility index (Phi) is 83.0. The quantitative estimate of drug-likeness (QED) is 0.0321. The van der Waals surface area contributed by atoms with Crippen LogP contribution >= 0.6 is 67.1 Å². The van der Waals surface area contributed by atoms with Gasteiger partial charge < -0.3 is 0 Å². The lowest BCUT2D eigenvalue weighted by molar-refractivity contribution is 0.384. The molecular weight excluding hydrogens is 1870 g/mol. The van der Waals surface area contributed by atoms with Crippen molar-refractivity contribution in [2.45, 2.75) is 484 Å². The van der Waals surface area contributed by atoms with Crippen molar-refractivity contribution in [2.75, 3.05) is 42.9 Å². The van der Waals surface area contributed by atoms with Crippen molar-refractivity contribution >= 4 is 87.7 Å². The molecule has 2 rings (SSSR count). The molecular formula is C88H172N40S8. The lowest BCUT2D eigenvalue weighted by Crippen LogP contribution is -2.64. The fourth-order valence-electron chi connectivity index (χ4n) is 18.4. The Labute approximate surface area is 839 Å². The topological polar surface area (TPSA) is 517 Å². The third kappa shape index (κ3) is 56.9. The molecule has 40 nitrogen and oxygen atoms in total. The third-order valence-corrected chi connectivity index (χ3v) is 48.5. The first-order chi connectivity index (χ1) is 67.0. The molecule has 0 amide bonds. The lowest BCUT2D eigenvalue weighted by Gasteiger charge is -2.90. The first-order valence-corrected chi connectivity index (χ1v) is 61.5. The van der Waals surface area contributed by atoms with Gasteiger partial charge >= 0.3 is 0 Å². The van der Waals surface area contributed by atoms with Crippen molar-refractivity contribution in [2.24, 2.45) is 197 Å². The van der Waals surface area contributed by atoms with E-state index in [9.17, 15) is 9.22 Å². The Hall–Kier alpha value is -6.42. The normalized spacial score (nSPS) is 15.3. The maximum Gasteiger partial charge on any atom is 0.135 e. The van der Waals surface area contributed by atoms with Crippen LogP contribution in [0.3, 0.4) is 0 Å². The number of unbranched alkanes of at least 4 members (excludes halogenated alkanes) is 55. The Morgan fingerprint density at radius 2 is 0.404 bits per heavy atom. The first-order valence-electron chi connectivity index (χ1n) is 51.9. The molecule has 0 fully saturated rings. The average Bonchev–Trinajstić information content (AvgIpc) is 1.06. The highest BCUT2D eigenvalue weighted by atomic mass is 32.4. The third-order valence-electron chi connectivity index (χ3n) is 25.3. The van der Waals surface area contributed by atoms with Gasteiger partial charge in [-0.25, -0.2) is 8.29 Å². The molecule has 0 aromatic heterocycles. The van der Waals surface area contributed by atoms with Gasteiger partial charge in [0.1, 0.15) is 29.1 Å². The number of rotatable bonds is 92. The number of thioether (sulfide) groups is 5. The smallest absolute Gasteiger partial charge is 0.135 e. The minimum Gasteiger partial charge on any atom is -0.242 e. The van der Waals surface area contributed by atoms with E-state index in [-0.39, 0.29) is 4.75 Å². The summed E-state index contributed by atoms with van der Waals surface area (Å²) in [6, 6.07) is 0. The number of nitrogens with zero attached hydrogens (tertiary/aromatic N) is 40. The van der Waals surface area contributed by atoms with Crippen molar-refractivity contribution in [3.05, 3.63) is 25.4 Å². The maximum atomic E-state index is 12.6. The van der Waals surface area contributed by atoms with Gasteiger partial charge in [0.2, 0.25) is 0 Å². The van der Waals surface area contributed by atoms with Crippen LogP contribution in [0.15, 0.2) is 222 Å². The van der Waals surface area contributed by atoms with Crippen LogP contribution in [0.25, 0.3) is 0 Å². The molecule has 0 bridgehead atoms. The van der Waals surface area contributed by atoms with Crippen LogP contribution in [0, 0.1) is 9.22 Å². The SMILES string of the molecule is CCCCCCCCCCSC1=C(S(CCCCCCCCCC)(CCCCCCCCCC)(CCCCCCCCCC)(CCCCCCCCCC)C(CCCCCCCCC)(CCCCCCCCCC)CCCCCCCCCC)SC(=C2SC(S(#N)=NN=NN=NN=NN=NN=NN=NN=NN=NN=NC)=C(S(#N)=NN=NN=NN=NN=NN=NN=NN=NN=NN=NC)S2)S1. The van der Waals surface area contributed by atoms with Gasteiger partial charge in [-0.2, -0.15) is 19.4 Å². The molecule has 0 saturated carbocycles. The van der Waals surface area contributed by atoms with Gasteiger partial charge in [-0.3, -0.25) is 0 Å². The summed E-state index contributed by atoms with van der Waals surface area (Å²) in [6.07, 6.45) is 85.1. The number of hydrogen-bond donors (Lipinski definition) is 0. The zero-order chi connectivity index (χ0) is 98.1. The monoisotopic (exact) mass is 2050 g/mol. The second-order valence-electron chi connectivity index (χ2n) is 35.3. The zero-order valence-electron chi connectivity index (χ0n) is 84.9. The molecule has 136 heavy (non-hydrogen) atoms. The van der Waals surface area contributed by atoms with Gasteiger partial charge in [0.15, 0.2) is 0 Å². The Balaban J connectivity index is 3.68. The molecule has 0 radical (unpaired) electrons.